The predicted octanol–water partition coefficient (Wildman–Crippen LogP) is 4.45. The highest BCUT2D eigenvalue weighted by atomic mass is 19.1. The van der Waals surface area contributed by atoms with Crippen LogP contribution >= 0.6 is 0 Å². The van der Waals surface area contributed by atoms with Crippen LogP contribution in [-0.2, 0) is 0 Å². The number of benzene rings is 3. The summed E-state index contributed by atoms with van der Waals surface area (Å²) >= 11 is 0. The van der Waals surface area contributed by atoms with Gasteiger partial charge in [0.05, 0.1) is 5.69 Å². The lowest BCUT2D eigenvalue weighted by molar-refractivity contribution is 0.102. The highest BCUT2D eigenvalue weighted by molar-refractivity contribution is 6.08. The molecule has 0 atom stereocenters. The Labute approximate surface area is 133 Å². The zero-order valence-electron chi connectivity index (χ0n) is 12.2. The van der Waals surface area contributed by atoms with Gasteiger partial charge in [-0.05, 0) is 41.5 Å². The Morgan fingerprint density at radius 2 is 1.52 bits per heavy atom. The van der Waals surface area contributed by atoms with Gasteiger partial charge < -0.3 is 10.4 Å². The van der Waals surface area contributed by atoms with Crippen molar-refractivity contribution in [2.75, 3.05) is 5.32 Å². The van der Waals surface area contributed by atoms with Crippen LogP contribution in [0, 0.1) is 5.82 Å². The summed E-state index contributed by atoms with van der Waals surface area (Å²) in [7, 11) is 0. The van der Waals surface area contributed by atoms with Crippen LogP contribution in [-0.4, -0.2) is 11.0 Å². The smallest absolute Gasteiger partial charge is 0.256 e. The molecule has 2 N–H and O–H groups in total. The third kappa shape index (κ3) is 3.21. The minimum atomic E-state index is -0.483. The molecule has 0 fully saturated rings. The van der Waals surface area contributed by atoms with Crippen LogP contribution < -0.4 is 5.32 Å². The first kappa shape index (κ1) is 14.8. The molecule has 0 radical (unpaired) electrons. The van der Waals surface area contributed by atoms with E-state index in [4.69, 9.17) is 0 Å². The number of hydrogen-bond acceptors (Lipinski definition) is 2. The fraction of sp³-hybridized carbons (Fsp3) is 0. The SMILES string of the molecule is O=C(Nc1ccccc1F)c1ccccc1-c1ccc(O)cc1. The number of halogens is 1. The third-order valence-corrected chi connectivity index (χ3v) is 3.47. The predicted molar refractivity (Wildman–Crippen MR) is 87.9 cm³/mol. The summed E-state index contributed by atoms with van der Waals surface area (Å²) in [6.45, 7) is 0. The average molecular weight is 307 g/mol. The van der Waals surface area contributed by atoms with Gasteiger partial charge in [-0.1, -0.05) is 42.5 Å². The number of nitrogens with one attached hydrogen (secondary N) is 1. The Balaban J connectivity index is 1.95. The van der Waals surface area contributed by atoms with E-state index < -0.39 is 11.7 Å². The van der Waals surface area contributed by atoms with Gasteiger partial charge in [0, 0.05) is 5.56 Å². The van der Waals surface area contributed by atoms with Crippen LogP contribution in [0.5, 0.6) is 5.75 Å². The minimum Gasteiger partial charge on any atom is -0.508 e. The Kier molecular flexibility index (Phi) is 4.06. The molecule has 0 aliphatic heterocycles. The van der Waals surface area contributed by atoms with Crippen LogP contribution in [0.3, 0.4) is 0 Å². The molecule has 3 aromatic rings. The molecular weight excluding hydrogens is 293 g/mol. The first-order valence-electron chi connectivity index (χ1n) is 7.09. The number of para-hydroxylation sites is 1. The summed E-state index contributed by atoms with van der Waals surface area (Å²) in [4.78, 5) is 12.5. The lowest BCUT2D eigenvalue weighted by Gasteiger charge is -2.11. The Morgan fingerprint density at radius 1 is 0.870 bits per heavy atom. The molecule has 23 heavy (non-hydrogen) atoms. The van der Waals surface area contributed by atoms with Crippen LogP contribution in [0.1, 0.15) is 10.4 Å². The fourth-order valence-electron chi connectivity index (χ4n) is 2.33. The second-order valence-corrected chi connectivity index (χ2v) is 5.03. The largest absolute Gasteiger partial charge is 0.508 e. The average Bonchev–Trinajstić information content (AvgIpc) is 2.58. The molecule has 4 heteroatoms. The molecule has 114 valence electrons. The number of carbonyl (C=O) groups excluding carboxylic acids is 1. The number of hydrogen-bond donors (Lipinski definition) is 2. The third-order valence-electron chi connectivity index (χ3n) is 3.47. The zero-order chi connectivity index (χ0) is 16.2. The van der Waals surface area contributed by atoms with Gasteiger partial charge in [-0.2, -0.15) is 0 Å². The summed E-state index contributed by atoms with van der Waals surface area (Å²) < 4.78 is 13.7. The summed E-state index contributed by atoms with van der Waals surface area (Å²) in [5, 5.41) is 12.0. The fourth-order valence-corrected chi connectivity index (χ4v) is 2.33. The van der Waals surface area contributed by atoms with Crippen molar-refractivity contribution in [3.63, 3.8) is 0 Å². The van der Waals surface area contributed by atoms with Crippen molar-refractivity contribution in [1.82, 2.24) is 0 Å². The van der Waals surface area contributed by atoms with Crippen molar-refractivity contribution in [2.24, 2.45) is 0 Å². The molecule has 0 unspecified atom stereocenters. The first-order chi connectivity index (χ1) is 11.1. The first-order valence-corrected chi connectivity index (χ1v) is 7.09. The van der Waals surface area contributed by atoms with E-state index in [1.54, 1.807) is 48.5 Å². The number of carbonyl (C=O) groups is 1. The van der Waals surface area contributed by atoms with Crippen molar-refractivity contribution < 1.29 is 14.3 Å². The van der Waals surface area contributed by atoms with E-state index in [1.807, 2.05) is 12.1 Å². The van der Waals surface area contributed by atoms with Crippen LogP contribution in [0.25, 0.3) is 11.1 Å². The molecule has 3 aromatic carbocycles. The van der Waals surface area contributed by atoms with Crippen molar-refractivity contribution in [2.45, 2.75) is 0 Å². The topological polar surface area (TPSA) is 49.3 Å². The van der Waals surface area contributed by atoms with Gasteiger partial charge in [0.15, 0.2) is 0 Å². The molecule has 3 rings (SSSR count). The van der Waals surface area contributed by atoms with Crippen LogP contribution in [0.2, 0.25) is 0 Å². The Morgan fingerprint density at radius 3 is 2.26 bits per heavy atom. The molecule has 0 spiro atoms. The number of anilines is 1. The number of phenols is 1. The Bertz CT molecular complexity index is 844. The van der Waals surface area contributed by atoms with Gasteiger partial charge in [0.25, 0.3) is 5.91 Å². The lowest BCUT2D eigenvalue weighted by Crippen LogP contribution is -2.14. The molecular formula is C19H14FNO2. The van der Waals surface area contributed by atoms with Gasteiger partial charge in [-0.15, -0.1) is 0 Å². The minimum absolute atomic E-state index is 0.137. The van der Waals surface area contributed by atoms with E-state index in [0.717, 1.165) is 5.56 Å². The number of amides is 1. The monoisotopic (exact) mass is 307 g/mol. The quantitative estimate of drug-likeness (QED) is 0.751. The van der Waals surface area contributed by atoms with E-state index in [-0.39, 0.29) is 11.4 Å². The van der Waals surface area contributed by atoms with Crippen LogP contribution in [0.15, 0.2) is 72.8 Å². The maximum absolute atomic E-state index is 13.7. The summed E-state index contributed by atoms with van der Waals surface area (Å²) in [6, 6.07) is 19.7. The Hall–Kier alpha value is -3.14. The normalized spacial score (nSPS) is 10.3. The van der Waals surface area contributed by atoms with E-state index >= 15 is 0 Å². The van der Waals surface area contributed by atoms with E-state index in [9.17, 15) is 14.3 Å². The zero-order valence-corrected chi connectivity index (χ0v) is 12.2. The molecule has 0 saturated carbocycles. The van der Waals surface area contributed by atoms with Crippen molar-refractivity contribution >= 4 is 11.6 Å². The maximum atomic E-state index is 13.7. The lowest BCUT2D eigenvalue weighted by atomic mass is 9.99. The van der Waals surface area contributed by atoms with Gasteiger partial charge in [0.2, 0.25) is 0 Å². The highest BCUT2D eigenvalue weighted by Crippen LogP contribution is 2.26. The molecule has 0 saturated heterocycles. The number of rotatable bonds is 3. The van der Waals surface area contributed by atoms with Gasteiger partial charge in [-0.25, -0.2) is 4.39 Å². The standard InChI is InChI=1S/C19H14FNO2/c20-17-7-3-4-8-18(17)21-19(23)16-6-2-1-5-15(16)13-9-11-14(22)12-10-13/h1-12,22H,(H,21,23). The van der Waals surface area contributed by atoms with Gasteiger partial charge >= 0.3 is 0 Å². The van der Waals surface area contributed by atoms with Gasteiger partial charge in [0.1, 0.15) is 11.6 Å². The molecule has 0 aliphatic carbocycles. The summed E-state index contributed by atoms with van der Waals surface area (Å²) in [5.41, 5.74) is 2.07. The molecule has 0 aliphatic rings. The summed E-state index contributed by atoms with van der Waals surface area (Å²) in [6.07, 6.45) is 0. The molecule has 0 bridgehead atoms. The molecule has 0 aromatic heterocycles. The van der Waals surface area contributed by atoms with E-state index in [0.29, 0.717) is 11.1 Å². The summed E-state index contributed by atoms with van der Waals surface area (Å²) in [5.74, 6) is -0.719. The molecule has 0 heterocycles. The van der Waals surface area contributed by atoms with Crippen LogP contribution in [0.4, 0.5) is 10.1 Å². The molecule has 1 amide bonds. The maximum Gasteiger partial charge on any atom is 0.256 e. The van der Waals surface area contributed by atoms with E-state index in [2.05, 4.69) is 5.32 Å². The van der Waals surface area contributed by atoms with Crippen molar-refractivity contribution in [1.29, 1.82) is 0 Å². The van der Waals surface area contributed by atoms with Gasteiger partial charge in [-0.3, -0.25) is 4.79 Å². The number of aromatic hydroxyl groups is 1. The highest BCUT2D eigenvalue weighted by Gasteiger charge is 2.14. The van der Waals surface area contributed by atoms with Crippen molar-refractivity contribution in [3.05, 3.63) is 84.2 Å². The number of phenolic OH excluding ortho intramolecular Hbond substituents is 1. The molecule has 3 nitrogen and oxygen atoms in total. The second kappa shape index (κ2) is 6.32. The van der Waals surface area contributed by atoms with E-state index in [1.165, 1.54) is 12.1 Å². The second-order valence-electron chi connectivity index (χ2n) is 5.03. The van der Waals surface area contributed by atoms with Crippen molar-refractivity contribution in [3.8, 4) is 16.9 Å².